The highest BCUT2D eigenvalue weighted by Gasteiger charge is 2.31. The van der Waals surface area contributed by atoms with Crippen molar-refractivity contribution in [1.29, 1.82) is 0 Å². The lowest BCUT2D eigenvalue weighted by Gasteiger charge is -2.35. The zero-order valence-electron chi connectivity index (χ0n) is 15.4. The number of rotatable bonds is 7. The Balaban J connectivity index is 0.00000169. The van der Waals surface area contributed by atoms with E-state index in [1.807, 2.05) is 0 Å². The summed E-state index contributed by atoms with van der Waals surface area (Å²) in [6.45, 7) is 7.58. The van der Waals surface area contributed by atoms with Crippen LogP contribution in [0.25, 0.3) is 0 Å². The third-order valence-electron chi connectivity index (χ3n) is 5.05. The van der Waals surface area contributed by atoms with Crippen molar-refractivity contribution in [2.24, 2.45) is 5.92 Å². The van der Waals surface area contributed by atoms with Crippen LogP contribution in [0.2, 0.25) is 0 Å². The number of nitrogens with zero attached hydrogens (tertiary/aromatic N) is 2. The Labute approximate surface area is 168 Å². The van der Waals surface area contributed by atoms with Crippen LogP contribution in [0.15, 0.2) is 24.3 Å². The minimum atomic E-state index is -0.158. The monoisotopic (exact) mass is 403 g/mol. The number of β-amino-alcohol motifs (C(OH)–C–C–N with tert-alkyl or cyclic N) is 1. The van der Waals surface area contributed by atoms with Crippen LogP contribution in [0.4, 0.5) is 0 Å². The highest BCUT2D eigenvalue weighted by Crippen LogP contribution is 2.32. The number of carbonyl (C=O) groups excluding carboxylic acids is 1. The maximum Gasteiger partial charge on any atom is 0.234 e. The fourth-order valence-corrected chi connectivity index (χ4v) is 3.19. The number of halogens is 2. The molecular formula is C19H31Cl2N3O2. The van der Waals surface area contributed by atoms with E-state index in [0.29, 0.717) is 19.0 Å². The quantitative estimate of drug-likeness (QED) is 0.729. The molecule has 1 aliphatic carbocycles. The average Bonchev–Trinajstić information content (AvgIpc) is 3.41. The molecule has 1 aliphatic heterocycles. The molecule has 1 saturated heterocycles. The summed E-state index contributed by atoms with van der Waals surface area (Å²) in [5, 5.41) is 13.0. The lowest BCUT2D eigenvalue weighted by Crippen LogP contribution is -2.51. The Kier molecular flexibility index (Phi) is 9.90. The molecular weight excluding hydrogens is 373 g/mol. The van der Waals surface area contributed by atoms with E-state index in [1.54, 1.807) is 0 Å². The highest BCUT2D eigenvalue weighted by molar-refractivity contribution is 5.85. The van der Waals surface area contributed by atoms with E-state index in [-0.39, 0.29) is 36.8 Å². The van der Waals surface area contributed by atoms with E-state index in [0.717, 1.165) is 38.3 Å². The molecule has 0 bridgehead atoms. The summed E-state index contributed by atoms with van der Waals surface area (Å²) in [4.78, 5) is 16.6. The minimum absolute atomic E-state index is 0. The Morgan fingerprint density at radius 2 is 1.69 bits per heavy atom. The molecule has 26 heavy (non-hydrogen) atoms. The van der Waals surface area contributed by atoms with E-state index in [2.05, 4.69) is 46.3 Å². The van der Waals surface area contributed by atoms with Gasteiger partial charge in [0.1, 0.15) is 0 Å². The van der Waals surface area contributed by atoms with E-state index in [9.17, 15) is 9.90 Å². The van der Waals surface area contributed by atoms with E-state index in [4.69, 9.17) is 0 Å². The highest BCUT2D eigenvalue weighted by atomic mass is 35.5. The number of carbonyl (C=O) groups is 1. The molecule has 1 amide bonds. The molecule has 1 atom stereocenters. The summed E-state index contributed by atoms with van der Waals surface area (Å²) in [5.41, 5.74) is 2.36. The van der Waals surface area contributed by atoms with Crippen LogP contribution in [-0.4, -0.2) is 66.2 Å². The second-order valence-electron chi connectivity index (χ2n) is 7.24. The van der Waals surface area contributed by atoms with Crippen LogP contribution in [0.1, 0.15) is 24.0 Å². The van der Waals surface area contributed by atoms with Gasteiger partial charge in [-0.2, -0.15) is 0 Å². The van der Waals surface area contributed by atoms with Crippen LogP contribution in [0, 0.1) is 12.8 Å². The van der Waals surface area contributed by atoms with Crippen molar-refractivity contribution in [1.82, 2.24) is 15.1 Å². The van der Waals surface area contributed by atoms with Crippen molar-refractivity contribution in [3.63, 3.8) is 0 Å². The summed E-state index contributed by atoms with van der Waals surface area (Å²) in [6.07, 6.45) is 2.21. The predicted molar refractivity (Wildman–Crippen MR) is 109 cm³/mol. The number of aliphatic hydroxyl groups is 1. The SMILES string of the molecule is Cc1ccc(CNC(=O)CN2CCN(CC(O)C3CC3)CC2)cc1.Cl.Cl. The van der Waals surface area contributed by atoms with Crippen molar-refractivity contribution < 1.29 is 9.90 Å². The number of hydrogen-bond acceptors (Lipinski definition) is 4. The molecule has 1 saturated carbocycles. The lowest BCUT2D eigenvalue weighted by atomic mass is 10.1. The van der Waals surface area contributed by atoms with Gasteiger partial charge in [-0.15, -0.1) is 24.8 Å². The van der Waals surface area contributed by atoms with Crippen molar-refractivity contribution in [3.05, 3.63) is 35.4 Å². The van der Waals surface area contributed by atoms with Gasteiger partial charge in [0.25, 0.3) is 0 Å². The van der Waals surface area contributed by atoms with Crippen molar-refractivity contribution in [3.8, 4) is 0 Å². The molecule has 148 valence electrons. The fraction of sp³-hybridized carbons (Fsp3) is 0.632. The second kappa shape index (κ2) is 11.1. The molecule has 2 aliphatic rings. The third kappa shape index (κ3) is 7.41. The van der Waals surface area contributed by atoms with E-state index in [1.165, 1.54) is 18.4 Å². The van der Waals surface area contributed by atoms with Crippen molar-refractivity contribution in [2.45, 2.75) is 32.4 Å². The Morgan fingerprint density at radius 3 is 2.27 bits per heavy atom. The summed E-state index contributed by atoms with van der Waals surface area (Å²) in [7, 11) is 0. The number of hydrogen-bond donors (Lipinski definition) is 2. The van der Waals surface area contributed by atoms with Crippen LogP contribution >= 0.6 is 24.8 Å². The van der Waals surface area contributed by atoms with Gasteiger partial charge in [-0.1, -0.05) is 29.8 Å². The van der Waals surface area contributed by atoms with E-state index < -0.39 is 0 Å². The van der Waals surface area contributed by atoms with Gasteiger partial charge in [-0.3, -0.25) is 14.6 Å². The molecule has 0 radical (unpaired) electrons. The van der Waals surface area contributed by atoms with Gasteiger partial charge in [-0.25, -0.2) is 0 Å². The van der Waals surface area contributed by atoms with Crippen LogP contribution in [0.3, 0.4) is 0 Å². The third-order valence-corrected chi connectivity index (χ3v) is 5.05. The molecule has 2 fully saturated rings. The summed E-state index contributed by atoms with van der Waals surface area (Å²) in [6, 6.07) is 8.24. The summed E-state index contributed by atoms with van der Waals surface area (Å²) < 4.78 is 0. The standard InChI is InChI=1S/C19H29N3O2.2ClH/c1-15-2-4-16(5-3-15)12-20-19(24)14-22-10-8-21(9-11-22)13-18(23)17-6-7-17;;/h2-5,17-18,23H,6-14H2,1H3,(H,20,24);2*1H. The van der Waals surface area contributed by atoms with Gasteiger partial charge in [0.2, 0.25) is 5.91 Å². The number of benzene rings is 1. The first-order valence-electron chi connectivity index (χ1n) is 9.05. The summed E-state index contributed by atoms with van der Waals surface area (Å²) in [5.74, 6) is 0.623. The molecule has 7 heteroatoms. The lowest BCUT2D eigenvalue weighted by molar-refractivity contribution is -0.122. The Hall–Kier alpha value is -0.850. The number of amides is 1. The minimum Gasteiger partial charge on any atom is -0.392 e. The molecule has 1 aromatic rings. The Bertz CT molecular complexity index is 544. The van der Waals surface area contributed by atoms with Gasteiger partial charge in [-0.05, 0) is 31.2 Å². The molecule has 1 heterocycles. The fourth-order valence-electron chi connectivity index (χ4n) is 3.19. The molecule has 2 N–H and O–H groups in total. The van der Waals surface area contributed by atoms with Gasteiger partial charge >= 0.3 is 0 Å². The molecule has 1 unspecified atom stereocenters. The first kappa shape index (κ1) is 23.2. The van der Waals surface area contributed by atoms with Gasteiger partial charge < -0.3 is 10.4 Å². The first-order chi connectivity index (χ1) is 11.6. The average molecular weight is 404 g/mol. The number of piperazine rings is 1. The van der Waals surface area contributed by atoms with Crippen LogP contribution < -0.4 is 5.32 Å². The summed E-state index contributed by atoms with van der Waals surface area (Å²) >= 11 is 0. The second-order valence-corrected chi connectivity index (χ2v) is 7.24. The van der Waals surface area contributed by atoms with E-state index >= 15 is 0 Å². The first-order valence-corrected chi connectivity index (χ1v) is 9.05. The smallest absolute Gasteiger partial charge is 0.234 e. The largest absolute Gasteiger partial charge is 0.392 e. The molecule has 0 aromatic heterocycles. The topological polar surface area (TPSA) is 55.8 Å². The zero-order valence-corrected chi connectivity index (χ0v) is 17.0. The van der Waals surface area contributed by atoms with Gasteiger partial charge in [0.15, 0.2) is 0 Å². The van der Waals surface area contributed by atoms with Crippen LogP contribution in [0.5, 0.6) is 0 Å². The maximum atomic E-state index is 12.1. The van der Waals surface area contributed by atoms with Gasteiger partial charge in [0, 0.05) is 39.3 Å². The molecule has 0 spiro atoms. The molecule has 1 aromatic carbocycles. The van der Waals surface area contributed by atoms with Crippen molar-refractivity contribution in [2.75, 3.05) is 39.3 Å². The maximum absolute atomic E-state index is 12.1. The molecule has 3 rings (SSSR count). The molecule has 5 nitrogen and oxygen atoms in total. The number of aliphatic hydroxyl groups excluding tert-OH is 1. The normalized spacial score (nSPS) is 19.2. The number of aryl methyl sites for hydroxylation is 1. The van der Waals surface area contributed by atoms with Crippen LogP contribution in [-0.2, 0) is 11.3 Å². The predicted octanol–water partition coefficient (Wildman–Crippen LogP) is 1.84. The van der Waals surface area contributed by atoms with Gasteiger partial charge in [0.05, 0.1) is 12.6 Å². The van der Waals surface area contributed by atoms with Crippen molar-refractivity contribution >= 4 is 30.7 Å². The zero-order chi connectivity index (χ0) is 16.9. The number of nitrogens with one attached hydrogen (secondary N) is 1. The Morgan fingerprint density at radius 1 is 1.12 bits per heavy atom.